The van der Waals surface area contributed by atoms with Crippen LogP contribution in [0.15, 0.2) is 52.6 Å². The Morgan fingerprint density at radius 3 is 2.34 bits per heavy atom. The summed E-state index contributed by atoms with van der Waals surface area (Å²) in [4.78, 5) is 37.1. The minimum atomic E-state index is -4.16. The monoisotopic (exact) mass is 507 g/mol. The van der Waals surface area contributed by atoms with E-state index in [0.717, 1.165) is 12.0 Å². The van der Waals surface area contributed by atoms with Gasteiger partial charge >= 0.3 is 5.97 Å². The summed E-state index contributed by atoms with van der Waals surface area (Å²) < 4.78 is 27.5. The Morgan fingerprint density at radius 2 is 1.77 bits per heavy atom. The summed E-state index contributed by atoms with van der Waals surface area (Å²) in [7, 11) is -4.16. The van der Waals surface area contributed by atoms with Gasteiger partial charge in [-0.2, -0.15) is 0 Å². The van der Waals surface area contributed by atoms with Gasteiger partial charge < -0.3 is 20.4 Å². The lowest BCUT2D eigenvalue weighted by molar-refractivity contribution is -0.135. The molecule has 0 fully saturated rings. The van der Waals surface area contributed by atoms with E-state index in [1.807, 2.05) is 11.6 Å². The summed E-state index contributed by atoms with van der Waals surface area (Å²) in [6.07, 6.45) is 4.28. The van der Waals surface area contributed by atoms with E-state index in [1.165, 1.54) is 29.2 Å². The summed E-state index contributed by atoms with van der Waals surface area (Å²) in [5.41, 5.74) is 0.217. The SMILES string of the molecule is CCCC(=O)NCCc1ccc(S(=O)(=O)NC(=O)C2=CC=C(C(=O)O)N(CC(C)(C)CO)C2)cc1. The third-order valence-electron chi connectivity index (χ3n) is 5.38. The molecule has 0 unspecified atom stereocenters. The van der Waals surface area contributed by atoms with Gasteiger partial charge in [-0.05, 0) is 42.7 Å². The number of amides is 2. The standard InChI is InChI=1S/C24H33N3O7S/c1-4-5-21(29)25-13-12-17-6-9-19(10-7-17)35(33,34)26-22(30)18-8-11-20(23(31)32)27(14-18)15-24(2,3)16-28/h6-11,28H,4-5,12-16H2,1-3H3,(H,25,29)(H,26,30)(H,31,32). The van der Waals surface area contributed by atoms with Crippen LogP contribution in [0.3, 0.4) is 0 Å². The van der Waals surface area contributed by atoms with Crippen molar-refractivity contribution in [1.82, 2.24) is 14.9 Å². The van der Waals surface area contributed by atoms with Crippen LogP contribution in [0.5, 0.6) is 0 Å². The molecule has 1 aliphatic heterocycles. The van der Waals surface area contributed by atoms with Crippen LogP contribution >= 0.6 is 0 Å². The molecule has 0 aliphatic carbocycles. The molecule has 1 aromatic rings. The Bertz CT molecular complexity index is 1110. The van der Waals surface area contributed by atoms with Gasteiger partial charge in [-0.25, -0.2) is 17.9 Å². The summed E-state index contributed by atoms with van der Waals surface area (Å²) in [6, 6.07) is 6.00. The average Bonchev–Trinajstić information content (AvgIpc) is 2.79. The van der Waals surface area contributed by atoms with Crippen molar-refractivity contribution in [2.75, 3.05) is 26.2 Å². The molecule has 1 aromatic carbocycles. The molecule has 4 N–H and O–H groups in total. The third-order valence-corrected chi connectivity index (χ3v) is 6.72. The fourth-order valence-corrected chi connectivity index (χ4v) is 4.42. The van der Waals surface area contributed by atoms with Crippen molar-refractivity contribution >= 4 is 27.8 Å². The number of allylic oxidation sites excluding steroid dienone is 2. The number of hydrogen-bond donors (Lipinski definition) is 4. The smallest absolute Gasteiger partial charge is 0.352 e. The van der Waals surface area contributed by atoms with Crippen molar-refractivity contribution in [3.63, 3.8) is 0 Å². The number of rotatable bonds is 12. The van der Waals surface area contributed by atoms with E-state index in [4.69, 9.17) is 0 Å². The number of carbonyl (C=O) groups excluding carboxylic acids is 2. The molecule has 2 rings (SSSR count). The Morgan fingerprint density at radius 1 is 1.11 bits per heavy atom. The van der Waals surface area contributed by atoms with Gasteiger partial charge in [0, 0.05) is 43.7 Å². The van der Waals surface area contributed by atoms with Crippen LogP contribution in [0.1, 0.15) is 39.2 Å². The van der Waals surface area contributed by atoms with Gasteiger partial charge in [-0.15, -0.1) is 0 Å². The van der Waals surface area contributed by atoms with Crippen LogP contribution in [0, 0.1) is 5.41 Å². The Kier molecular flexibility index (Phi) is 9.61. The largest absolute Gasteiger partial charge is 0.477 e. The number of aliphatic hydroxyl groups is 1. The van der Waals surface area contributed by atoms with Crippen molar-refractivity contribution in [3.05, 3.63) is 53.3 Å². The summed E-state index contributed by atoms with van der Waals surface area (Å²) in [6.45, 7) is 5.68. The highest BCUT2D eigenvalue weighted by molar-refractivity contribution is 7.90. The highest BCUT2D eigenvalue weighted by Crippen LogP contribution is 2.23. The second kappa shape index (κ2) is 12.0. The molecule has 0 saturated heterocycles. The first kappa shape index (κ1) is 28.1. The molecule has 0 aromatic heterocycles. The molecule has 0 atom stereocenters. The summed E-state index contributed by atoms with van der Waals surface area (Å²) in [5, 5.41) is 21.8. The molecule has 0 radical (unpaired) electrons. The van der Waals surface area contributed by atoms with Crippen LogP contribution < -0.4 is 10.0 Å². The summed E-state index contributed by atoms with van der Waals surface area (Å²) in [5.74, 6) is -2.08. The maximum atomic E-state index is 12.7. The average molecular weight is 508 g/mol. The highest BCUT2D eigenvalue weighted by atomic mass is 32.2. The predicted molar refractivity (Wildman–Crippen MR) is 130 cm³/mol. The maximum absolute atomic E-state index is 12.7. The molecule has 11 heteroatoms. The van der Waals surface area contributed by atoms with Crippen molar-refractivity contribution in [2.24, 2.45) is 5.41 Å². The maximum Gasteiger partial charge on any atom is 0.352 e. The zero-order chi connectivity index (χ0) is 26.2. The molecule has 10 nitrogen and oxygen atoms in total. The number of nitrogens with zero attached hydrogens (tertiary/aromatic N) is 1. The van der Waals surface area contributed by atoms with Crippen LogP contribution in [-0.4, -0.2) is 67.6 Å². The van der Waals surface area contributed by atoms with E-state index in [0.29, 0.717) is 19.4 Å². The molecule has 192 valence electrons. The zero-order valence-corrected chi connectivity index (χ0v) is 21.0. The number of benzene rings is 1. The summed E-state index contributed by atoms with van der Waals surface area (Å²) >= 11 is 0. The highest BCUT2D eigenvalue weighted by Gasteiger charge is 2.30. The van der Waals surface area contributed by atoms with Crippen LogP contribution in [-0.2, 0) is 30.8 Å². The molecule has 0 spiro atoms. The van der Waals surface area contributed by atoms with E-state index in [-0.39, 0.29) is 41.8 Å². The number of carboxylic acids is 1. The first-order valence-electron chi connectivity index (χ1n) is 11.3. The molecule has 1 aliphatic rings. The lowest BCUT2D eigenvalue weighted by atomic mass is 9.93. The Balaban J connectivity index is 2.07. The minimum absolute atomic E-state index is 0.0322. The van der Waals surface area contributed by atoms with Crippen molar-refractivity contribution < 1.29 is 33.0 Å². The normalized spacial score (nSPS) is 14.1. The number of hydrogen-bond acceptors (Lipinski definition) is 7. The van der Waals surface area contributed by atoms with Gasteiger partial charge in [0.2, 0.25) is 5.91 Å². The fourth-order valence-electron chi connectivity index (χ4n) is 3.43. The van der Waals surface area contributed by atoms with Gasteiger partial charge in [0.25, 0.3) is 15.9 Å². The lowest BCUT2D eigenvalue weighted by Gasteiger charge is -2.35. The van der Waals surface area contributed by atoms with E-state index < -0.39 is 27.3 Å². The number of nitrogens with one attached hydrogen (secondary N) is 2. The lowest BCUT2D eigenvalue weighted by Crippen LogP contribution is -2.43. The number of aliphatic carboxylic acids is 1. The zero-order valence-electron chi connectivity index (χ0n) is 20.2. The van der Waals surface area contributed by atoms with Gasteiger partial charge in [0.1, 0.15) is 5.70 Å². The minimum Gasteiger partial charge on any atom is -0.477 e. The van der Waals surface area contributed by atoms with Crippen molar-refractivity contribution in [2.45, 2.75) is 44.9 Å². The van der Waals surface area contributed by atoms with E-state index in [1.54, 1.807) is 26.0 Å². The first-order chi connectivity index (χ1) is 16.4. The van der Waals surface area contributed by atoms with Crippen molar-refractivity contribution in [1.29, 1.82) is 0 Å². The van der Waals surface area contributed by atoms with E-state index >= 15 is 0 Å². The molecule has 2 amide bonds. The molecule has 1 heterocycles. The van der Waals surface area contributed by atoms with Crippen molar-refractivity contribution in [3.8, 4) is 0 Å². The van der Waals surface area contributed by atoms with E-state index in [9.17, 15) is 33.0 Å². The number of carbonyl (C=O) groups is 3. The third kappa shape index (κ3) is 8.22. The predicted octanol–water partition coefficient (Wildman–Crippen LogP) is 1.18. The van der Waals surface area contributed by atoms with Crippen LogP contribution in [0.25, 0.3) is 0 Å². The topological polar surface area (TPSA) is 153 Å². The molecule has 0 saturated carbocycles. The second-order valence-corrected chi connectivity index (χ2v) is 10.8. The van der Waals surface area contributed by atoms with Gasteiger partial charge in [-0.3, -0.25) is 9.59 Å². The van der Waals surface area contributed by atoms with Crippen LogP contribution in [0.4, 0.5) is 0 Å². The molecular formula is C24H33N3O7S. The Labute approximate surface area is 205 Å². The molecular weight excluding hydrogens is 474 g/mol. The first-order valence-corrected chi connectivity index (χ1v) is 12.8. The number of carboxylic acid groups (broad SMARTS) is 1. The number of aliphatic hydroxyl groups excluding tert-OH is 1. The van der Waals surface area contributed by atoms with E-state index in [2.05, 4.69) is 5.32 Å². The van der Waals surface area contributed by atoms with Gasteiger partial charge in [0.15, 0.2) is 0 Å². The Hall–Kier alpha value is -3.18. The molecule has 0 bridgehead atoms. The van der Waals surface area contributed by atoms with Gasteiger partial charge in [0.05, 0.1) is 4.90 Å². The second-order valence-electron chi connectivity index (χ2n) is 9.16. The molecule has 35 heavy (non-hydrogen) atoms. The quantitative estimate of drug-likeness (QED) is 0.329. The van der Waals surface area contributed by atoms with Gasteiger partial charge in [-0.1, -0.05) is 32.9 Å². The fraction of sp³-hybridized carbons (Fsp3) is 0.458. The number of sulfonamides is 1. The van der Waals surface area contributed by atoms with Crippen LogP contribution in [0.2, 0.25) is 0 Å².